The van der Waals surface area contributed by atoms with Crippen molar-refractivity contribution in [1.29, 1.82) is 0 Å². The molecule has 1 aliphatic heterocycles. The molecule has 0 radical (unpaired) electrons. The molecule has 134 valence electrons. The fourth-order valence-corrected chi connectivity index (χ4v) is 3.76. The lowest BCUT2D eigenvalue weighted by Gasteiger charge is -2.24. The largest absolute Gasteiger partial charge is 0.496 e. The minimum Gasteiger partial charge on any atom is -0.496 e. The SMILES string of the molecule is COc1ccccc1-c1ccc(CN2CCCC2Cn2cncn2)cc1. The van der Waals surface area contributed by atoms with Crippen LogP contribution >= 0.6 is 0 Å². The van der Waals surface area contributed by atoms with Crippen molar-refractivity contribution in [1.82, 2.24) is 19.7 Å². The first-order valence-corrected chi connectivity index (χ1v) is 9.12. The van der Waals surface area contributed by atoms with Gasteiger partial charge >= 0.3 is 0 Å². The van der Waals surface area contributed by atoms with E-state index in [9.17, 15) is 0 Å². The molecule has 1 unspecified atom stereocenters. The molecule has 26 heavy (non-hydrogen) atoms. The van der Waals surface area contributed by atoms with Crippen molar-refractivity contribution in [2.45, 2.75) is 32.0 Å². The van der Waals surface area contributed by atoms with E-state index in [0.717, 1.165) is 30.9 Å². The first-order chi connectivity index (χ1) is 12.8. The maximum Gasteiger partial charge on any atom is 0.137 e. The van der Waals surface area contributed by atoms with Crippen LogP contribution < -0.4 is 4.74 Å². The van der Waals surface area contributed by atoms with E-state index < -0.39 is 0 Å². The van der Waals surface area contributed by atoms with Gasteiger partial charge in [-0.1, -0.05) is 42.5 Å². The van der Waals surface area contributed by atoms with Gasteiger partial charge in [0.05, 0.1) is 13.7 Å². The average molecular weight is 348 g/mol. The highest BCUT2D eigenvalue weighted by molar-refractivity contribution is 5.70. The molecule has 0 amide bonds. The third-order valence-electron chi connectivity index (χ3n) is 5.12. The van der Waals surface area contributed by atoms with Gasteiger partial charge < -0.3 is 4.74 Å². The summed E-state index contributed by atoms with van der Waals surface area (Å²) in [6.07, 6.45) is 5.88. The number of rotatable bonds is 6. The summed E-state index contributed by atoms with van der Waals surface area (Å²) in [4.78, 5) is 6.60. The fraction of sp³-hybridized carbons (Fsp3) is 0.333. The van der Waals surface area contributed by atoms with Crippen molar-refractivity contribution in [3.63, 3.8) is 0 Å². The fourth-order valence-electron chi connectivity index (χ4n) is 3.76. The molecule has 3 aromatic rings. The third kappa shape index (κ3) is 3.63. The predicted octanol–water partition coefficient (Wildman–Crippen LogP) is 3.62. The van der Waals surface area contributed by atoms with Crippen molar-refractivity contribution in [2.75, 3.05) is 13.7 Å². The van der Waals surface area contributed by atoms with E-state index in [0.29, 0.717) is 6.04 Å². The zero-order chi connectivity index (χ0) is 17.8. The Labute approximate surface area is 154 Å². The molecule has 0 bridgehead atoms. The number of likely N-dealkylation sites (tertiary alicyclic amines) is 1. The van der Waals surface area contributed by atoms with Crippen LogP contribution in [-0.4, -0.2) is 39.4 Å². The summed E-state index contributed by atoms with van der Waals surface area (Å²) in [5.41, 5.74) is 3.66. The zero-order valence-corrected chi connectivity index (χ0v) is 15.1. The quantitative estimate of drug-likeness (QED) is 0.682. The van der Waals surface area contributed by atoms with Crippen molar-refractivity contribution >= 4 is 0 Å². The Morgan fingerprint density at radius 2 is 1.96 bits per heavy atom. The lowest BCUT2D eigenvalue weighted by atomic mass is 10.0. The Morgan fingerprint density at radius 3 is 2.73 bits per heavy atom. The summed E-state index contributed by atoms with van der Waals surface area (Å²) in [6, 6.07) is 17.5. The van der Waals surface area contributed by atoms with Gasteiger partial charge in [0.2, 0.25) is 0 Å². The second-order valence-electron chi connectivity index (χ2n) is 6.78. The van der Waals surface area contributed by atoms with Gasteiger partial charge in [-0.3, -0.25) is 9.58 Å². The summed E-state index contributed by atoms with van der Waals surface area (Å²) in [5.74, 6) is 0.910. The molecule has 0 N–H and O–H groups in total. The first-order valence-electron chi connectivity index (χ1n) is 9.12. The van der Waals surface area contributed by atoms with Crippen LogP contribution in [0, 0.1) is 0 Å². The molecular weight excluding hydrogens is 324 g/mol. The van der Waals surface area contributed by atoms with Gasteiger partial charge in [0.15, 0.2) is 0 Å². The normalized spacial score (nSPS) is 17.5. The summed E-state index contributed by atoms with van der Waals surface area (Å²) in [6.45, 7) is 3.04. The maximum atomic E-state index is 5.48. The molecule has 5 nitrogen and oxygen atoms in total. The van der Waals surface area contributed by atoms with E-state index in [-0.39, 0.29) is 0 Å². The van der Waals surface area contributed by atoms with Gasteiger partial charge in [0, 0.05) is 18.2 Å². The molecule has 1 atom stereocenters. The Kier molecular flexibility index (Phi) is 4.97. The van der Waals surface area contributed by atoms with Crippen molar-refractivity contribution < 1.29 is 4.74 Å². The van der Waals surface area contributed by atoms with Crippen LogP contribution in [-0.2, 0) is 13.1 Å². The predicted molar refractivity (Wildman–Crippen MR) is 102 cm³/mol. The van der Waals surface area contributed by atoms with Crippen LogP contribution in [0.25, 0.3) is 11.1 Å². The van der Waals surface area contributed by atoms with E-state index in [4.69, 9.17) is 4.74 Å². The second-order valence-corrected chi connectivity index (χ2v) is 6.78. The first kappa shape index (κ1) is 16.8. The van der Waals surface area contributed by atoms with Gasteiger partial charge in [-0.2, -0.15) is 5.10 Å². The minimum atomic E-state index is 0.533. The molecular formula is C21H24N4O. The number of methoxy groups -OCH3 is 1. The molecule has 1 saturated heterocycles. The van der Waals surface area contributed by atoms with E-state index in [1.807, 2.05) is 22.9 Å². The molecule has 0 aliphatic carbocycles. The van der Waals surface area contributed by atoms with Gasteiger partial charge in [-0.05, 0) is 36.6 Å². The Balaban J connectivity index is 1.45. The van der Waals surface area contributed by atoms with Crippen LogP contribution in [0.1, 0.15) is 18.4 Å². The number of hydrogen-bond donors (Lipinski definition) is 0. The molecule has 0 spiro atoms. The summed E-state index contributed by atoms with van der Waals surface area (Å²) >= 11 is 0. The zero-order valence-electron chi connectivity index (χ0n) is 15.1. The van der Waals surface area contributed by atoms with Gasteiger partial charge in [0.25, 0.3) is 0 Å². The summed E-state index contributed by atoms with van der Waals surface area (Å²) in [7, 11) is 1.72. The summed E-state index contributed by atoms with van der Waals surface area (Å²) < 4.78 is 7.42. The number of ether oxygens (including phenoxy) is 1. The van der Waals surface area contributed by atoms with Crippen molar-refractivity contribution in [3.8, 4) is 16.9 Å². The molecule has 2 aromatic carbocycles. The van der Waals surface area contributed by atoms with E-state index >= 15 is 0 Å². The van der Waals surface area contributed by atoms with Crippen LogP contribution in [0.4, 0.5) is 0 Å². The third-order valence-corrected chi connectivity index (χ3v) is 5.12. The Hall–Kier alpha value is -2.66. The topological polar surface area (TPSA) is 43.2 Å². The van der Waals surface area contributed by atoms with E-state index in [1.54, 1.807) is 19.8 Å². The number of aromatic nitrogens is 3. The van der Waals surface area contributed by atoms with Crippen LogP contribution in [0.2, 0.25) is 0 Å². The highest BCUT2D eigenvalue weighted by Gasteiger charge is 2.25. The molecule has 4 rings (SSSR count). The monoisotopic (exact) mass is 348 g/mol. The van der Waals surface area contributed by atoms with Gasteiger partial charge in [-0.15, -0.1) is 0 Å². The Morgan fingerprint density at radius 1 is 1.12 bits per heavy atom. The van der Waals surface area contributed by atoms with Crippen LogP contribution in [0.3, 0.4) is 0 Å². The van der Waals surface area contributed by atoms with Gasteiger partial charge in [-0.25, -0.2) is 4.98 Å². The number of benzene rings is 2. The van der Waals surface area contributed by atoms with E-state index in [1.165, 1.54) is 24.0 Å². The molecule has 1 fully saturated rings. The molecule has 0 saturated carbocycles. The van der Waals surface area contributed by atoms with Gasteiger partial charge in [0.1, 0.15) is 18.4 Å². The van der Waals surface area contributed by atoms with Crippen molar-refractivity contribution in [3.05, 3.63) is 66.7 Å². The number of hydrogen-bond acceptors (Lipinski definition) is 4. The standard InChI is InChI=1S/C21H24N4O/c1-26-21-7-3-2-6-20(21)18-10-8-17(9-11-18)13-24-12-4-5-19(24)14-25-16-22-15-23-25/h2-3,6-11,15-16,19H,4-5,12-14H2,1H3. The average Bonchev–Trinajstić information content (AvgIpc) is 3.35. The van der Waals surface area contributed by atoms with Crippen LogP contribution in [0.5, 0.6) is 5.75 Å². The molecule has 5 heteroatoms. The second kappa shape index (κ2) is 7.70. The molecule has 2 heterocycles. The van der Waals surface area contributed by atoms with Crippen molar-refractivity contribution in [2.24, 2.45) is 0 Å². The highest BCUT2D eigenvalue weighted by Crippen LogP contribution is 2.30. The molecule has 1 aromatic heterocycles. The smallest absolute Gasteiger partial charge is 0.137 e. The number of nitrogens with zero attached hydrogens (tertiary/aromatic N) is 4. The Bertz CT molecular complexity index is 829. The number of para-hydroxylation sites is 1. The van der Waals surface area contributed by atoms with E-state index in [2.05, 4.69) is 45.3 Å². The molecule has 1 aliphatic rings. The minimum absolute atomic E-state index is 0.533. The summed E-state index contributed by atoms with van der Waals surface area (Å²) in [5, 5.41) is 4.25. The lowest BCUT2D eigenvalue weighted by Crippen LogP contribution is -2.32. The lowest BCUT2D eigenvalue weighted by molar-refractivity contribution is 0.219. The maximum absolute atomic E-state index is 5.48. The highest BCUT2D eigenvalue weighted by atomic mass is 16.5. The van der Waals surface area contributed by atoms with Crippen LogP contribution in [0.15, 0.2) is 61.2 Å².